The van der Waals surface area contributed by atoms with Crippen LogP contribution < -0.4 is 10.6 Å². The average Bonchev–Trinajstić information content (AvgIpc) is 2.66. The van der Waals surface area contributed by atoms with Gasteiger partial charge in [-0.3, -0.25) is 9.89 Å². The van der Waals surface area contributed by atoms with Crippen LogP contribution in [0, 0.1) is 0 Å². The Hall–Kier alpha value is -1.63. The maximum atomic E-state index is 5.44. The number of morpholine rings is 1. The van der Waals surface area contributed by atoms with Crippen molar-refractivity contribution in [2.75, 3.05) is 53.1 Å². The van der Waals surface area contributed by atoms with Crippen molar-refractivity contribution >= 4 is 5.96 Å². The van der Waals surface area contributed by atoms with Crippen molar-refractivity contribution < 1.29 is 9.47 Å². The van der Waals surface area contributed by atoms with Crippen molar-refractivity contribution in [1.29, 1.82) is 0 Å². The second kappa shape index (κ2) is 11.8. The van der Waals surface area contributed by atoms with Crippen LogP contribution in [0.3, 0.4) is 0 Å². The zero-order valence-corrected chi connectivity index (χ0v) is 15.6. The van der Waals surface area contributed by atoms with Crippen molar-refractivity contribution in [3.63, 3.8) is 0 Å². The topological polar surface area (TPSA) is 58.1 Å². The van der Waals surface area contributed by atoms with Crippen molar-refractivity contribution in [3.8, 4) is 0 Å². The zero-order valence-electron chi connectivity index (χ0n) is 15.6. The number of benzene rings is 1. The standard InChI is InChI=1S/C19H32N4O2/c1-3-24-12-6-9-21-19(20-2)22-15-17-7-4-5-8-18(17)16-23-10-13-25-14-11-23/h4-5,7-8H,3,6,9-16H2,1-2H3,(H2,20,21,22). The maximum Gasteiger partial charge on any atom is 0.191 e. The summed E-state index contributed by atoms with van der Waals surface area (Å²) in [6.07, 6.45) is 0.974. The first-order valence-corrected chi connectivity index (χ1v) is 9.22. The van der Waals surface area contributed by atoms with Crippen molar-refractivity contribution in [1.82, 2.24) is 15.5 Å². The van der Waals surface area contributed by atoms with Gasteiger partial charge < -0.3 is 20.1 Å². The molecule has 6 heteroatoms. The number of ether oxygens (including phenoxy) is 2. The molecule has 0 aromatic heterocycles. The highest BCUT2D eigenvalue weighted by molar-refractivity contribution is 5.79. The van der Waals surface area contributed by atoms with Crippen molar-refractivity contribution in [3.05, 3.63) is 35.4 Å². The van der Waals surface area contributed by atoms with E-state index in [9.17, 15) is 0 Å². The molecule has 2 rings (SSSR count). The molecule has 1 aliphatic heterocycles. The molecule has 1 fully saturated rings. The van der Waals surface area contributed by atoms with Gasteiger partial charge in [0, 0.05) is 53.0 Å². The lowest BCUT2D eigenvalue weighted by Gasteiger charge is -2.27. The van der Waals surface area contributed by atoms with Gasteiger partial charge in [-0.1, -0.05) is 24.3 Å². The van der Waals surface area contributed by atoms with E-state index < -0.39 is 0 Å². The van der Waals surface area contributed by atoms with Crippen molar-refractivity contribution in [2.24, 2.45) is 4.99 Å². The van der Waals surface area contributed by atoms with Crippen LogP contribution in [0.5, 0.6) is 0 Å². The fraction of sp³-hybridized carbons (Fsp3) is 0.632. The van der Waals surface area contributed by atoms with Crippen LogP contribution in [0.4, 0.5) is 0 Å². The number of hydrogen-bond acceptors (Lipinski definition) is 4. The van der Waals surface area contributed by atoms with Crippen molar-refractivity contribution in [2.45, 2.75) is 26.4 Å². The van der Waals surface area contributed by atoms with E-state index in [1.54, 1.807) is 7.05 Å². The summed E-state index contributed by atoms with van der Waals surface area (Å²) in [4.78, 5) is 6.74. The minimum Gasteiger partial charge on any atom is -0.382 e. The largest absolute Gasteiger partial charge is 0.382 e. The second-order valence-electron chi connectivity index (χ2n) is 6.06. The Morgan fingerprint density at radius 2 is 1.96 bits per heavy atom. The minimum absolute atomic E-state index is 0.769. The van der Waals surface area contributed by atoms with Gasteiger partial charge in [-0.15, -0.1) is 0 Å². The Morgan fingerprint density at radius 1 is 1.20 bits per heavy atom. The van der Waals surface area contributed by atoms with Gasteiger partial charge >= 0.3 is 0 Å². The molecule has 6 nitrogen and oxygen atoms in total. The van der Waals surface area contributed by atoms with Crippen LogP contribution in [0.15, 0.2) is 29.3 Å². The lowest BCUT2D eigenvalue weighted by molar-refractivity contribution is 0.0341. The lowest BCUT2D eigenvalue weighted by Crippen LogP contribution is -2.38. The van der Waals surface area contributed by atoms with E-state index in [-0.39, 0.29) is 0 Å². The molecule has 0 unspecified atom stereocenters. The van der Waals surface area contributed by atoms with Gasteiger partial charge in [0.2, 0.25) is 0 Å². The van der Waals surface area contributed by atoms with E-state index in [2.05, 4.69) is 44.8 Å². The molecule has 0 bridgehead atoms. The van der Waals surface area contributed by atoms with E-state index in [0.29, 0.717) is 0 Å². The molecule has 25 heavy (non-hydrogen) atoms. The fourth-order valence-corrected chi connectivity index (χ4v) is 2.81. The Labute approximate surface area is 151 Å². The van der Waals surface area contributed by atoms with Gasteiger partial charge in [-0.2, -0.15) is 0 Å². The number of aliphatic imine (C=N–C) groups is 1. The highest BCUT2D eigenvalue weighted by Crippen LogP contribution is 2.12. The maximum absolute atomic E-state index is 5.44. The smallest absolute Gasteiger partial charge is 0.191 e. The summed E-state index contributed by atoms with van der Waals surface area (Å²) in [5.41, 5.74) is 2.68. The van der Waals surface area contributed by atoms with Gasteiger partial charge in [0.15, 0.2) is 5.96 Å². The monoisotopic (exact) mass is 348 g/mol. The van der Waals surface area contributed by atoms with E-state index >= 15 is 0 Å². The summed E-state index contributed by atoms with van der Waals surface area (Å²) in [6.45, 7) is 9.84. The molecule has 0 atom stereocenters. The number of hydrogen-bond donors (Lipinski definition) is 2. The Bertz CT molecular complexity index is 516. The molecule has 140 valence electrons. The predicted molar refractivity (Wildman–Crippen MR) is 102 cm³/mol. The molecule has 1 heterocycles. The third kappa shape index (κ3) is 7.42. The van der Waals surface area contributed by atoms with Crippen LogP contribution in [0.25, 0.3) is 0 Å². The van der Waals surface area contributed by atoms with Gasteiger partial charge in [0.1, 0.15) is 0 Å². The number of rotatable bonds is 9. The van der Waals surface area contributed by atoms with Gasteiger partial charge in [0.25, 0.3) is 0 Å². The predicted octanol–water partition coefficient (Wildman–Crippen LogP) is 1.61. The first kappa shape index (κ1) is 19.7. The summed E-state index contributed by atoms with van der Waals surface area (Å²) in [7, 11) is 1.80. The molecule has 0 aliphatic carbocycles. The first-order valence-electron chi connectivity index (χ1n) is 9.22. The molecule has 1 saturated heterocycles. The summed E-state index contributed by atoms with van der Waals surface area (Å²) >= 11 is 0. The summed E-state index contributed by atoms with van der Waals surface area (Å²) < 4.78 is 10.8. The fourth-order valence-electron chi connectivity index (χ4n) is 2.81. The van der Waals surface area contributed by atoms with Crippen LogP contribution in [-0.2, 0) is 22.6 Å². The quantitative estimate of drug-likeness (QED) is 0.403. The van der Waals surface area contributed by atoms with Crippen LogP contribution >= 0.6 is 0 Å². The first-order chi connectivity index (χ1) is 12.3. The third-order valence-corrected chi connectivity index (χ3v) is 4.25. The molecular weight excluding hydrogens is 316 g/mol. The number of nitrogens with one attached hydrogen (secondary N) is 2. The van der Waals surface area contributed by atoms with Gasteiger partial charge in [0.05, 0.1) is 13.2 Å². The highest BCUT2D eigenvalue weighted by Gasteiger charge is 2.12. The molecule has 1 aromatic rings. The molecule has 0 saturated carbocycles. The van der Waals surface area contributed by atoms with Crippen LogP contribution in [0.2, 0.25) is 0 Å². The van der Waals surface area contributed by atoms with E-state index in [4.69, 9.17) is 9.47 Å². The van der Waals surface area contributed by atoms with Crippen LogP contribution in [-0.4, -0.2) is 64.0 Å². The summed E-state index contributed by atoms with van der Waals surface area (Å²) in [6, 6.07) is 8.61. The molecular formula is C19H32N4O2. The Morgan fingerprint density at radius 3 is 2.68 bits per heavy atom. The Kier molecular flexibility index (Phi) is 9.33. The van der Waals surface area contributed by atoms with E-state index in [1.807, 2.05) is 6.92 Å². The van der Waals surface area contributed by atoms with Crippen LogP contribution in [0.1, 0.15) is 24.5 Å². The summed E-state index contributed by atoms with van der Waals surface area (Å²) in [5.74, 6) is 0.831. The zero-order chi connectivity index (χ0) is 17.7. The molecule has 0 spiro atoms. The Balaban J connectivity index is 1.80. The normalized spacial score (nSPS) is 16.0. The second-order valence-corrected chi connectivity index (χ2v) is 6.06. The molecule has 0 radical (unpaired) electrons. The van der Waals surface area contributed by atoms with E-state index in [1.165, 1.54) is 11.1 Å². The SMILES string of the molecule is CCOCCCNC(=NC)NCc1ccccc1CN1CCOCC1. The molecule has 2 N–H and O–H groups in total. The summed E-state index contributed by atoms with van der Waals surface area (Å²) in [5, 5.41) is 6.74. The molecule has 1 aromatic carbocycles. The molecule has 1 aliphatic rings. The molecule has 0 amide bonds. The minimum atomic E-state index is 0.769. The average molecular weight is 348 g/mol. The third-order valence-electron chi connectivity index (χ3n) is 4.25. The highest BCUT2D eigenvalue weighted by atomic mass is 16.5. The van der Waals surface area contributed by atoms with Gasteiger partial charge in [-0.25, -0.2) is 0 Å². The van der Waals surface area contributed by atoms with E-state index in [0.717, 1.165) is 71.5 Å². The van der Waals surface area contributed by atoms with Gasteiger partial charge in [-0.05, 0) is 24.5 Å². The number of guanidine groups is 1. The lowest BCUT2D eigenvalue weighted by atomic mass is 10.1. The number of nitrogens with zero attached hydrogens (tertiary/aromatic N) is 2.